The Morgan fingerprint density at radius 2 is 2.46 bits per heavy atom. The third-order valence-corrected chi connectivity index (χ3v) is 2.84. The summed E-state index contributed by atoms with van der Waals surface area (Å²) in [5.41, 5.74) is 0. The van der Waals surface area contributed by atoms with E-state index in [1.807, 2.05) is 0 Å². The van der Waals surface area contributed by atoms with E-state index in [1.165, 1.54) is 6.33 Å². The van der Waals surface area contributed by atoms with Crippen LogP contribution in [-0.4, -0.2) is 33.5 Å². The molecule has 0 spiro atoms. The lowest BCUT2D eigenvalue weighted by molar-refractivity contribution is 0.560. The summed E-state index contributed by atoms with van der Waals surface area (Å²) in [6.45, 7) is 5.34. The third kappa shape index (κ3) is 3.78. The fraction of sp³-hybridized carbons (Fsp3) is 0.750. The number of rotatable bonds is 6. The molecule has 1 heterocycles. The second-order valence-corrected chi connectivity index (χ2v) is 3.77. The van der Waals surface area contributed by atoms with E-state index in [9.17, 15) is 0 Å². The molecule has 5 heteroatoms. The minimum atomic E-state index is 0.570. The molecule has 4 nitrogen and oxygen atoms in total. The highest BCUT2D eigenvalue weighted by Crippen LogP contribution is 2.13. The van der Waals surface area contributed by atoms with Gasteiger partial charge >= 0.3 is 0 Å². The Morgan fingerprint density at radius 1 is 1.62 bits per heavy atom. The monoisotopic (exact) mass is 200 g/mol. The van der Waals surface area contributed by atoms with Crippen molar-refractivity contribution in [3.63, 3.8) is 0 Å². The van der Waals surface area contributed by atoms with E-state index in [2.05, 4.69) is 34.3 Å². The molecule has 1 unspecified atom stereocenters. The molecule has 13 heavy (non-hydrogen) atoms. The molecule has 0 aromatic carbocycles. The molecule has 74 valence electrons. The van der Waals surface area contributed by atoms with Crippen LogP contribution >= 0.6 is 11.8 Å². The molecule has 1 aromatic rings. The number of thioether (sulfide) groups is 1. The largest absolute Gasteiger partial charge is 0.313 e. The zero-order chi connectivity index (χ0) is 9.52. The van der Waals surface area contributed by atoms with Gasteiger partial charge < -0.3 is 5.32 Å². The molecule has 0 saturated heterocycles. The first-order valence-corrected chi connectivity index (χ1v) is 5.56. The maximum absolute atomic E-state index is 4.05. The fourth-order valence-electron chi connectivity index (χ4n) is 1.05. The fourth-order valence-corrected chi connectivity index (χ4v) is 2.00. The number of H-pyrrole nitrogens is 1. The Bertz CT molecular complexity index is 212. The molecule has 0 radical (unpaired) electrons. The Kier molecular flexibility index (Phi) is 4.85. The summed E-state index contributed by atoms with van der Waals surface area (Å²) < 4.78 is 0. The maximum atomic E-state index is 4.05. The van der Waals surface area contributed by atoms with E-state index in [0.29, 0.717) is 6.04 Å². The second kappa shape index (κ2) is 5.99. The van der Waals surface area contributed by atoms with Crippen LogP contribution in [-0.2, 0) is 0 Å². The van der Waals surface area contributed by atoms with Gasteiger partial charge in [-0.25, -0.2) is 4.98 Å². The summed E-state index contributed by atoms with van der Waals surface area (Å²) in [6, 6.07) is 0.570. The molecule has 1 rings (SSSR count). The first-order valence-electron chi connectivity index (χ1n) is 4.58. The Balaban J connectivity index is 2.23. The lowest BCUT2D eigenvalue weighted by Crippen LogP contribution is -2.30. The summed E-state index contributed by atoms with van der Waals surface area (Å²) in [5.74, 6) is 1.04. The van der Waals surface area contributed by atoms with Gasteiger partial charge in [0.2, 0.25) is 0 Å². The molecule has 1 aromatic heterocycles. The predicted octanol–water partition coefficient (Wildman–Crippen LogP) is 1.28. The van der Waals surface area contributed by atoms with Gasteiger partial charge in [-0.2, -0.15) is 5.10 Å². The van der Waals surface area contributed by atoms with Crippen molar-refractivity contribution >= 4 is 11.8 Å². The summed E-state index contributed by atoms with van der Waals surface area (Å²) in [5, 5.41) is 10.9. The average molecular weight is 200 g/mol. The van der Waals surface area contributed by atoms with E-state index in [0.717, 1.165) is 23.9 Å². The molecular formula is C8H16N4S. The molecule has 0 bridgehead atoms. The Hall–Kier alpha value is -0.550. The standard InChI is InChI=1S/C8H16N4S/c1-3-7(9-4-2)5-13-8-10-6-11-12-8/h6-7,9H,3-5H2,1-2H3,(H,10,11,12). The van der Waals surface area contributed by atoms with E-state index in [-0.39, 0.29) is 0 Å². The summed E-state index contributed by atoms with van der Waals surface area (Å²) in [7, 11) is 0. The van der Waals surface area contributed by atoms with Gasteiger partial charge in [-0.3, -0.25) is 5.10 Å². The van der Waals surface area contributed by atoms with Crippen molar-refractivity contribution in [1.82, 2.24) is 20.5 Å². The molecular weight excluding hydrogens is 184 g/mol. The van der Waals surface area contributed by atoms with Crippen LogP contribution in [0.25, 0.3) is 0 Å². The summed E-state index contributed by atoms with van der Waals surface area (Å²) >= 11 is 1.71. The predicted molar refractivity (Wildman–Crippen MR) is 54.9 cm³/mol. The second-order valence-electron chi connectivity index (χ2n) is 2.76. The minimum absolute atomic E-state index is 0.570. The van der Waals surface area contributed by atoms with E-state index < -0.39 is 0 Å². The highest BCUT2D eigenvalue weighted by molar-refractivity contribution is 7.99. The zero-order valence-corrected chi connectivity index (χ0v) is 8.90. The van der Waals surface area contributed by atoms with Crippen LogP contribution in [0.2, 0.25) is 0 Å². The molecule has 0 aliphatic rings. The van der Waals surface area contributed by atoms with Crippen molar-refractivity contribution in [3.8, 4) is 0 Å². The van der Waals surface area contributed by atoms with Gasteiger partial charge in [0.05, 0.1) is 0 Å². The van der Waals surface area contributed by atoms with E-state index in [4.69, 9.17) is 0 Å². The van der Waals surface area contributed by atoms with Gasteiger partial charge in [-0.05, 0) is 13.0 Å². The molecule has 0 aliphatic heterocycles. The van der Waals surface area contributed by atoms with Gasteiger partial charge in [0.1, 0.15) is 6.33 Å². The van der Waals surface area contributed by atoms with Crippen molar-refractivity contribution in [2.24, 2.45) is 0 Å². The highest BCUT2D eigenvalue weighted by Gasteiger charge is 2.05. The van der Waals surface area contributed by atoms with E-state index in [1.54, 1.807) is 11.8 Å². The van der Waals surface area contributed by atoms with Crippen molar-refractivity contribution < 1.29 is 0 Å². The molecule has 2 N–H and O–H groups in total. The van der Waals surface area contributed by atoms with E-state index >= 15 is 0 Å². The van der Waals surface area contributed by atoms with Crippen LogP contribution in [0.3, 0.4) is 0 Å². The number of aromatic nitrogens is 3. The van der Waals surface area contributed by atoms with Crippen LogP contribution < -0.4 is 5.32 Å². The number of hydrogen-bond donors (Lipinski definition) is 2. The molecule has 1 atom stereocenters. The van der Waals surface area contributed by atoms with Crippen molar-refractivity contribution in [2.45, 2.75) is 31.5 Å². The molecule has 0 fully saturated rings. The quantitative estimate of drug-likeness (QED) is 0.679. The summed E-state index contributed by atoms with van der Waals surface area (Å²) in [4.78, 5) is 4.05. The number of nitrogens with one attached hydrogen (secondary N) is 2. The van der Waals surface area contributed by atoms with Crippen LogP contribution in [0.1, 0.15) is 20.3 Å². The first kappa shape index (κ1) is 10.5. The van der Waals surface area contributed by atoms with Gasteiger partial charge in [-0.1, -0.05) is 25.6 Å². The molecule has 0 aliphatic carbocycles. The molecule has 0 saturated carbocycles. The SMILES string of the molecule is CCNC(CC)CSc1ncn[nH]1. The smallest absolute Gasteiger partial charge is 0.183 e. The first-order chi connectivity index (χ1) is 6.36. The topological polar surface area (TPSA) is 53.6 Å². The Morgan fingerprint density at radius 3 is 3.00 bits per heavy atom. The highest BCUT2D eigenvalue weighted by atomic mass is 32.2. The lowest BCUT2D eigenvalue weighted by Gasteiger charge is -2.13. The summed E-state index contributed by atoms with van der Waals surface area (Å²) in [6.07, 6.45) is 2.69. The van der Waals surface area contributed by atoms with Crippen molar-refractivity contribution in [2.75, 3.05) is 12.3 Å². The number of nitrogens with zero attached hydrogens (tertiary/aromatic N) is 2. The van der Waals surface area contributed by atoms with Gasteiger partial charge in [0.15, 0.2) is 5.16 Å². The third-order valence-electron chi connectivity index (χ3n) is 1.80. The van der Waals surface area contributed by atoms with Gasteiger partial charge in [-0.15, -0.1) is 0 Å². The van der Waals surface area contributed by atoms with Crippen LogP contribution in [0.15, 0.2) is 11.5 Å². The normalized spacial score (nSPS) is 13.1. The zero-order valence-electron chi connectivity index (χ0n) is 8.08. The van der Waals surface area contributed by atoms with Crippen LogP contribution in [0.4, 0.5) is 0 Å². The number of aromatic amines is 1. The lowest BCUT2D eigenvalue weighted by atomic mass is 10.2. The van der Waals surface area contributed by atoms with Crippen molar-refractivity contribution in [1.29, 1.82) is 0 Å². The number of hydrogen-bond acceptors (Lipinski definition) is 4. The average Bonchev–Trinajstić information content (AvgIpc) is 2.64. The van der Waals surface area contributed by atoms with Gasteiger partial charge in [0.25, 0.3) is 0 Å². The maximum Gasteiger partial charge on any atom is 0.183 e. The van der Waals surface area contributed by atoms with Crippen LogP contribution in [0, 0.1) is 0 Å². The molecule has 0 amide bonds. The van der Waals surface area contributed by atoms with Crippen molar-refractivity contribution in [3.05, 3.63) is 6.33 Å². The Labute approximate surface area is 82.9 Å². The van der Waals surface area contributed by atoms with Crippen LogP contribution in [0.5, 0.6) is 0 Å². The minimum Gasteiger partial charge on any atom is -0.313 e. The van der Waals surface area contributed by atoms with Gasteiger partial charge in [0, 0.05) is 11.8 Å².